The van der Waals surface area contributed by atoms with Gasteiger partial charge in [-0.3, -0.25) is 0 Å². The largest absolute Gasteiger partial charge is 0.396 e. The highest BCUT2D eigenvalue weighted by atomic mass is 16.5. The van der Waals surface area contributed by atoms with Gasteiger partial charge in [-0.25, -0.2) is 0 Å². The first-order valence-corrected chi connectivity index (χ1v) is 4.15. The molecule has 3 atom stereocenters. The fourth-order valence-electron chi connectivity index (χ4n) is 1.67. The number of hydrogen-bond donors (Lipinski definition) is 2. The lowest BCUT2D eigenvalue weighted by atomic mass is 9.99. The van der Waals surface area contributed by atoms with Crippen molar-refractivity contribution in [2.75, 3.05) is 13.2 Å². The van der Waals surface area contributed by atoms with Crippen molar-refractivity contribution in [3.05, 3.63) is 0 Å². The third-order valence-electron chi connectivity index (χ3n) is 2.22. The molecule has 1 unspecified atom stereocenters. The molecule has 3 nitrogen and oxygen atoms in total. The van der Waals surface area contributed by atoms with E-state index in [1.807, 2.05) is 6.92 Å². The Kier molecular flexibility index (Phi) is 3.30. The van der Waals surface area contributed by atoms with Gasteiger partial charge in [0.05, 0.1) is 12.2 Å². The van der Waals surface area contributed by atoms with Crippen molar-refractivity contribution < 1.29 is 14.9 Å². The first kappa shape index (κ1) is 8.97. The maximum atomic E-state index is 8.92. The number of rotatable bonds is 3. The molecule has 1 aliphatic heterocycles. The third kappa shape index (κ3) is 2.15. The summed E-state index contributed by atoms with van der Waals surface area (Å²) in [7, 11) is 0. The van der Waals surface area contributed by atoms with Crippen LogP contribution in [0.15, 0.2) is 0 Å². The van der Waals surface area contributed by atoms with Gasteiger partial charge in [0.15, 0.2) is 0 Å². The third-order valence-corrected chi connectivity index (χ3v) is 2.22. The first-order valence-electron chi connectivity index (χ1n) is 4.15. The Labute approximate surface area is 67.0 Å². The van der Waals surface area contributed by atoms with E-state index in [4.69, 9.17) is 14.9 Å². The highest BCUT2D eigenvalue weighted by Crippen LogP contribution is 2.27. The van der Waals surface area contributed by atoms with E-state index in [1.54, 1.807) is 0 Å². The van der Waals surface area contributed by atoms with E-state index in [9.17, 15) is 0 Å². The first-order chi connectivity index (χ1) is 5.27. The summed E-state index contributed by atoms with van der Waals surface area (Å²) in [6, 6.07) is 0. The van der Waals surface area contributed by atoms with Crippen LogP contribution in [0.4, 0.5) is 0 Å². The van der Waals surface area contributed by atoms with Gasteiger partial charge >= 0.3 is 0 Å². The molecule has 1 saturated heterocycles. The normalized spacial score (nSPS) is 37.9. The van der Waals surface area contributed by atoms with Crippen LogP contribution in [0.5, 0.6) is 0 Å². The quantitative estimate of drug-likeness (QED) is 0.618. The molecule has 0 saturated carbocycles. The zero-order valence-electron chi connectivity index (χ0n) is 6.86. The molecule has 0 aromatic heterocycles. The van der Waals surface area contributed by atoms with Crippen LogP contribution >= 0.6 is 0 Å². The smallest absolute Gasteiger partial charge is 0.0651 e. The molecule has 0 spiro atoms. The summed E-state index contributed by atoms with van der Waals surface area (Å²) in [6.45, 7) is 2.32. The standard InChI is InChI=1S/C8H16O3/c1-6-4-7(5-10)8(11-6)2-3-9/h6-10H,2-5H2,1H3/t6?,7-,8+/m0/s1. The molecule has 66 valence electrons. The number of aliphatic hydroxyl groups excluding tert-OH is 2. The summed E-state index contributed by atoms with van der Waals surface area (Å²) in [5.74, 6) is 0.233. The predicted molar refractivity (Wildman–Crippen MR) is 41.2 cm³/mol. The second kappa shape index (κ2) is 4.04. The molecule has 1 fully saturated rings. The van der Waals surface area contributed by atoms with Crippen LogP contribution in [0.1, 0.15) is 19.8 Å². The van der Waals surface area contributed by atoms with Crippen molar-refractivity contribution in [1.82, 2.24) is 0 Å². The van der Waals surface area contributed by atoms with Crippen LogP contribution in [0.3, 0.4) is 0 Å². The van der Waals surface area contributed by atoms with Crippen LogP contribution in [-0.4, -0.2) is 35.6 Å². The Balaban J connectivity index is 2.37. The Hall–Kier alpha value is -0.120. The summed E-state index contributed by atoms with van der Waals surface area (Å²) in [5.41, 5.74) is 0. The van der Waals surface area contributed by atoms with Crippen LogP contribution in [-0.2, 0) is 4.74 Å². The zero-order chi connectivity index (χ0) is 8.27. The maximum Gasteiger partial charge on any atom is 0.0651 e. The van der Waals surface area contributed by atoms with E-state index in [2.05, 4.69) is 0 Å². The van der Waals surface area contributed by atoms with Gasteiger partial charge in [0, 0.05) is 19.1 Å². The second-order valence-corrected chi connectivity index (χ2v) is 3.18. The second-order valence-electron chi connectivity index (χ2n) is 3.18. The van der Waals surface area contributed by atoms with Crippen LogP contribution < -0.4 is 0 Å². The SMILES string of the molecule is CC1C[C@@H](CO)[C@@H](CCO)O1. The van der Waals surface area contributed by atoms with Crippen molar-refractivity contribution in [1.29, 1.82) is 0 Å². The number of ether oxygens (including phenoxy) is 1. The van der Waals surface area contributed by atoms with Gasteiger partial charge in [-0.2, -0.15) is 0 Å². The van der Waals surface area contributed by atoms with Gasteiger partial charge in [0.1, 0.15) is 0 Å². The van der Waals surface area contributed by atoms with E-state index < -0.39 is 0 Å². The molecule has 0 amide bonds. The van der Waals surface area contributed by atoms with Crippen molar-refractivity contribution in [2.24, 2.45) is 5.92 Å². The van der Waals surface area contributed by atoms with Crippen LogP contribution in [0, 0.1) is 5.92 Å². The topological polar surface area (TPSA) is 49.7 Å². The van der Waals surface area contributed by atoms with Crippen LogP contribution in [0.2, 0.25) is 0 Å². The van der Waals surface area contributed by atoms with E-state index in [0.29, 0.717) is 6.42 Å². The Morgan fingerprint density at radius 1 is 1.45 bits per heavy atom. The molecule has 0 bridgehead atoms. The highest BCUT2D eigenvalue weighted by Gasteiger charge is 2.31. The fourth-order valence-corrected chi connectivity index (χ4v) is 1.67. The molecule has 0 radical (unpaired) electrons. The van der Waals surface area contributed by atoms with Crippen molar-refractivity contribution in [3.8, 4) is 0 Å². The van der Waals surface area contributed by atoms with Gasteiger partial charge in [0.2, 0.25) is 0 Å². The Morgan fingerprint density at radius 2 is 2.18 bits per heavy atom. The summed E-state index contributed by atoms with van der Waals surface area (Å²) in [6.07, 6.45) is 1.88. The average molecular weight is 160 g/mol. The van der Waals surface area contributed by atoms with Gasteiger partial charge in [-0.1, -0.05) is 0 Å². The lowest BCUT2D eigenvalue weighted by Gasteiger charge is -2.14. The summed E-state index contributed by atoms with van der Waals surface area (Å²) in [5, 5.41) is 17.6. The highest BCUT2D eigenvalue weighted by molar-refractivity contribution is 4.79. The van der Waals surface area contributed by atoms with Crippen molar-refractivity contribution in [2.45, 2.75) is 32.0 Å². The van der Waals surface area contributed by atoms with Gasteiger partial charge < -0.3 is 14.9 Å². The van der Waals surface area contributed by atoms with E-state index in [0.717, 1.165) is 6.42 Å². The van der Waals surface area contributed by atoms with Gasteiger partial charge in [-0.05, 0) is 19.8 Å². The maximum absolute atomic E-state index is 8.92. The molecule has 1 rings (SSSR count). The number of hydrogen-bond acceptors (Lipinski definition) is 3. The van der Waals surface area contributed by atoms with Gasteiger partial charge in [0.25, 0.3) is 0 Å². The minimum atomic E-state index is 0.0694. The monoisotopic (exact) mass is 160 g/mol. The minimum absolute atomic E-state index is 0.0694. The van der Waals surface area contributed by atoms with Crippen molar-refractivity contribution >= 4 is 0 Å². The summed E-state index contributed by atoms with van der Waals surface area (Å²) < 4.78 is 5.49. The lowest BCUT2D eigenvalue weighted by molar-refractivity contribution is 0.0196. The summed E-state index contributed by atoms with van der Waals surface area (Å²) >= 11 is 0. The average Bonchev–Trinajstić information content (AvgIpc) is 2.32. The van der Waals surface area contributed by atoms with Crippen LogP contribution in [0.25, 0.3) is 0 Å². The molecule has 0 aliphatic carbocycles. The molecular formula is C8H16O3. The fraction of sp³-hybridized carbons (Fsp3) is 1.00. The van der Waals surface area contributed by atoms with E-state index in [-0.39, 0.29) is 31.3 Å². The van der Waals surface area contributed by atoms with E-state index >= 15 is 0 Å². The zero-order valence-corrected chi connectivity index (χ0v) is 6.86. The Morgan fingerprint density at radius 3 is 2.73 bits per heavy atom. The molecular weight excluding hydrogens is 144 g/mol. The molecule has 0 aromatic rings. The minimum Gasteiger partial charge on any atom is -0.396 e. The molecule has 1 heterocycles. The molecule has 1 aliphatic rings. The Bertz CT molecular complexity index is 116. The molecule has 3 heteroatoms. The number of aliphatic hydroxyl groups is 2. The summed E-state index contributed by atoms with van der Waals surface area (Å²) in [4.78, 5) is 0. The van der Waals surface area contributed by atoms with Crippen molar-refractivity contribution in [3.63, 3.8) is 0 Å². The molecule has 11 heavy (non-hydrogen) atoms. The molecule has 0 aromatic carbocycles. The van der Waals surface area contributed by atoms with E-state index in [1.165, 1.54) is 0 Å². The van der Waals surface area contributed by atoms with Gasteiger partial charge in [-0.15, -0.1) is 0 Å². The predicted octanol–water partition coefficient (Wildman–Crippen LogP) is 0.155. The molecule has 2 N–H and O–H groups in total. The lowest BCUT2D eigenvalue weighted by Crippen LogP contribution is -2.20.